The van der Waals surface area contributed by atoms with Gasteiger partial charge in [0.15, 0.2) is 16.4 Å². The summed E-state index contributed by atoms with van der Waals surface area (Å²) < 4.78 is 32.3. The Kier molecular flexibility index (Phi) is 6.93. The minimum Gasteiger partial charge on any atom is -0.611 e. The number of ether oxygens (including phenoxy) is 1. The molecule has 2 aromatic rings. The number of hydrogen-bond donors (Lipinski definition) is 1. The van der Waals surface area contributed by atoms with E-state index < -0.39 is 11.2 Å². The number of rotatable bonds is 5. The summed E-state index contributed by atoms with van der Waals surface area (Å²) in [6.07, 6.45) is 1.23. The van der Waals surface area contributed by atoms with Gasteiger partial charge in [0.05, 0.1) is 0 Å². The normalized spacial score (nSPS) is 16.4. The fourth-order valence-electron chi connectivity index (χ4n) is 3.52. The minimum absolute atomic E-state index is 0.0651. The molecule has 0 aromatic heterocycles. The fourth-order valence-corrected chi connectivity index (χ4v) is 4.62. The summed E-state index contributed by atoms with van der Waals surface area (Å²) in [6, 6.07) is 10.9. The number of hydrogen-bond acceptors (Lipinski definition) is 4. The zero-order chi connectivity index (χ0) is 21.9. The molecule has 1 saturated heterocycles. The molecule has 0 saturated carbocycles. The Bertz CT molecular complexity index is 891. The summed E-state index contributed by atoms with van der Waals surface area (Å²) >= 11 is -1.59. The Morgan fingerprint density at radius 2 is 1.90 bits per heavy atom. The van der Waals surface area contributed by atoms with E-state index >= 15 is 0 Å². The van der Waals surface area contributed by atoms with Crippen LogP contribution in [0.25, 0.3) is 0 Å². The average molecular weight is 434 g/mol. The Morgan fingerprint density at radius 3 is 2.53 bits per heavy atom. The van der Waals surface area contributed by atoms with Crippen LogP contribution in [0.3, 0.4) is 0 Å². The van der Waals surface area contributed by atoms with Crippen LogP contribution in [0.4, 0.5) is 4.39 Å². The molecule has 3 rings (SSSR count). The molecule has 0 radical (unpaired) electrons. The van der Waals surface area contributed by atoms with Crippen LogP contribution >= 0.6 is 0 Å². The van der Waals surface area contributed by atoms with Gasteiger partial charge in [-0.1, -0.05) is 32.9 Å². The van der Waals surface area contributed by atoms with Crippen LogP contribution < -0.4 is 4.74 Å². The van der Waals surface area contributed by atoms with Crippen molar-refractivity contribution in [3.8, 4) is 11.5 Å². The lowest BCUT2D eigenvalue weighted by molar-refractivity contribution is -0.130. The first-order valence-electron chi connectivity index (χ1n) is 10.1. The Balaban J connectivity index is 1.56. The molecule has 5 nitrogen and oxygen atoms in total. The van der Waals surface area contributed by atoms with Gasteiger partial charge in [0.2, 0.25) is 0 Å². The van der Waals surface area contributed by atoms with Crippen molar-refractivity contribution in [2.75, 3.05) is 18.8 Å². The SMILES string of the molecule is CC(C)(C)c1cc(F)ccc1OC1CCN(C(=O)C[S+]([O-])c2ccccc2O)CC1. The molecule has 1 fully saturated rings. The summed E-state index contributed by atoms with van der Waals surface area (Å²) in [5, 5.41) is 9.82. The lowest BCUT2D eigenvalue weighted by Gasteiger charge is -2.33. The Labute approximate surface area is 180 Å². The number of piperidine rings is 1. The molecule has 162 valence electrons. The molecule has 0 bridgehead atoms. The van der Waals surface area contributed by atoms with Gasteiger partial charge in [0, 0.05) is 31.5 Å². The highest BCUT2D eigenvalue weighted by Crippen LogP contribution is 2.33. The van der Waals surface area contributed by atoms with Crippen LogP contribution in [0.1, 0.15) is 39.2 Å². The van der Waals surface area contributed by atoms with E-state index in [1.165, 1.54) is 18.2 Å². The van der Waals surface area contributed by atoms with Crippen LogP contribution in [0.2, 0.25) is 0 Å². The molecule has 2 aromatic carbocycles. The second-order valence-corrected chi connectivity index (χ2v) is 9.97. The Hall–Kier alpha value is -2.25. The maximum Gasteiger partial charge on any atom is 0.272 e. The number of phenols is 1. The van der Waals surface area contributed by atoms with Gasteiger partial charge < -0.3 is 19.3 Å². The summed E-state index contributed by atoms with van der Waals surface area (Å²) in [5.74, 6) is -0.0359. The van der Waals surface area contributed by atoms with E-state index in [0.717, 1.165) is 5.56 Å². The minimum atomic E-state index is -1.59. The number of para-hydroxylation sites is 1. The van der Waals surface area contributed by atoms with Crippen LogP contribution in [0, 0.1) is 5.82 Å². The maximum absolute atomic E-state index is 13.7. The van der Waals surface area contributed by atoms with Gasteiger partial charge in [-0.25, -0.2) is 4.39 Å². The third kappa shape index (κ3) is 5.46. The Morgan fingerprint density at radius 1 is 1.23 bits per heavy atom. The molecule has 0 aliphatic carbocycles. The van der Waals surface area contributed by atoms with E-state index in [4.69, 9.17) is 4.74 Å². The monoisotopic (exact) mass is 433 g/mol. The van der Waals surface area contributed by atoms with E-state index in [9.17, 15) is 18.8 Å². The molecule has 1 aliphatic heterocycles. The van der Waals surface area contributed by atoms with Gasteiger partial charge in [0.25, 0.3) is 5.91 Å². The fraction of sp³-hybridized carbons (Fsp3) is 0.435. The number of carbonyl (C=O) groups is 1. The second kappa shape index (κ2) is 9.27. The first-order valence-corrected chi connectivity index (χ1v) is 11.4. The highest BCUT2D eigenvalue weighted by molar-refractivity contribution is 7.92. The molecule has 0 spiro atoms. The summed E-state index contributed by atoms with van der Waals surface area (Å²) in [5.41, 5.74) is 0.570. The number of likely N-dealkylation sites (tertiary alicyclic amines) is 1. The van der Waals surface area contributed by atoms with Crippen molar-refractivity contribution in [3.63, 3.8) is 0 Å². The number of benzene rings is 2. The average Bonchev–Trinajstić information content (AvgIpc) is 2.69. The molecule has 7 heteroatoms. The standard InChI is InChI=1S/C23H28FNO4S/c1-23(2,3)18-14-16(24)8-9-20(18)29-17-10-12-25(13-11-17)22(27)15-30(28)21-7-5-4-6-19(21)26/h4-9,14,17,26H,10-13,15H2,1-3H3. The van der Waals surface area contributed by atoms with Crippen molar-refractivity contribution in [1.29, 1.82) is 0 Å². The predicted octanol–water partition coefficient (Wildman–Crippen LogP) is 4.01. The van der Waals surface area contributed by atoms with Crippen LogP contribution in [-0.2, 0) is 21.4 Å². The van der Waals surface area contributed by atoms with Crippen molar-refractivity contribution < 1.29 is 23.6 Å². The zero-order valence-electron chi connectivity index (χ0n) is 17.6. The number of carbonyl (C=O) groups excluding carboxylic acids is 1. The van der Waals surface area contributed by atoms with Crippen LogP contribution in [0.15, 0.2) is 47.4 Å². The summed E-state index contributed by atoms with van der Waals surface area (Å²) in [6.45, 7) is 7.06. The smallest absolute Gasteiger partial charge is 0.272 e. The third-order valence-electron chi connectivity index (χ3n) is 5.20. The largest absolute Gasteiger partial charge is 0.611 e. The number of amides is 1. The van der Waals surface area contributed by atoms with Gasteiger partial charge in [-0.15, -0.1) is 0 Å². The van der Waals surface area contributed by atoms with Crippen LogP contribution in [0.5, 0.6) is 11.5 Å². The number of nitrogens with zero attached hydrogens (tertiary/aromatic N) is 1. The van der Waals surface area contributed by atoms with Gasteiger partial charge in [0.1, 0.15) is 17.7 Å². The molecule has 1 aliphatic rings. The second-order valence-electron chi connectivity index (χ2n) is 8.55. The van der Waals surface area contributed by atoms with Crippen molar-refractivity contribution in [2.24, 2.45) is 0 Å². The predicted molar refractivity (Wildman–Crippen MR) is 115 cm³/mol. The van der Waals surface area contributed by atoms with E-state index in [-0.39, 0.29) is 39.6 Å². The van der Waals surface area contributed by atoms with Crippen LogP contribution in [-0.4, -0.2) is 45.4 Å². The summed E-state index contributed by atoms with van der Waals surface area (Å²) in [7, 11) is 0. The zero-order valence-corrected chi connectivity index (χ0v) is 18.4. The number of halogens is 1. The van der Waals surface area contributed by atoms with E-state index in [1.54, 1.807) is 29.2 Å². The molecule has 30 heavy (non-hydrogen) atoms. The molecule has 1 amide bonds. The number of aromatic hydroxyl groups is 1. The van der Waals surface area contributed by atoms with Gasteiger partial charge >= 0.3 is 0 Å². The van der Waals surface area contributed by atoms with Crippen molar-refractivity contribution >= 4 is 17.1 Å². The van der Waals surface area contributed by atoms with Crippen molar-refractivity contribution in [2.45, 2.75) is 50.0 Å². The van der Waals surface area contributed by atoms with E-state index in [1.807, 2.05) is 20.8 Å². The third-order valence-corrected chi connectivity index (χ3v) is 6.55. The lowest BCUT2D eigenvalue weighted by atomic mass is 9.86. The molecule has 1 atom stereocenters. The summed E-state index contributed by atoms with van der Waals surface area (Å²) in [4.78, 5) is 14.5. The first kappa shape index (κ1) is 22.4. The van der Waals surface area contributed by atoms with Gasteiger partial charge in [-0.3, -0.25) is 4.79 Å². The quantitative estimate of drug-likeness (QED) is 0.724. The molecule has 1 heterocycles. The molecule has 1 N–H and O–H groups in total. The van der Waals surface area contributed by atoms with Crippen molar-refractivity contribution in [1.82, 2.24) is 4.90 Å². The molecular weight excluding hydrogens is 405 g/mol. The maximum atomic E-state index is 13.7. The van der Waals surface area contributed by atoms with Crippen molar-refractivity contribution in [3.05, 3.63) is 53.8 Å². The molecule has 1 unspecified atom stereocenters. The number of phenolic OH excluding ortho intramolecular Hbond substituents is 1. The lowest BCUT2D eigenvalue weighted by Crippen LogP contribution is -2.44. The highest BCUT2D eigenvalue weighted by atomic mass is 32.2. The van der Waals surface area contributed by atoms with Gasteiger partial charge in [-0.05, 0) is 46.9 Å². The highest BCUT2D eigenvalue weighted by Gasteiger charge is 2.29. The topological polar surface area (TPSA) is 72.8 Å². The molecular formula is C23H28FNO4S. The first-order chi connectivity index (χ1) is 14.1. The van der Waals surface area contributed by atoms with Gasteiger partial charge in [-0.2, -0.15) is 0 Å². The van der Waals surface area contributed by atoms with E-state index in [2.05, 4.69) is 0 Å². The van der Waals surface area contributed by atoms with E-state index in [0.29, 0.717) is 31.7 Å².